The average Bonchev–Trinajstić information content (AvgIpc) is 2.53. The van der Waals surface area contributed by atoms with Crippen LogP contribution < -0.4 is 11.1 Å². The van der Waals surface area contributed by atoms with Gasteiger partial charge >= 0.3 is 0 Å². The second-order valence-corrected chi connectivity index (χ2v) is 4.54. The molecule has 0 aliphatic rings. The number of nitrogens with zero attached hydrogens (tertiary/aromatic N) is 2. The van der Waals surface area contributed by atoms with E-state index in [4.69, 9.17) is 10.9 Å². The first-order valence-electron chi connectivity index (χ1n) is 6.40. The minimum absolute atomic E-state index is 0.0468. The van der Waals surface area contributed by atoms with E-state index in [0.717, 1.165) is 11.1 Å². The van der Waals surface area contributed by atoms with E-state index >= 15 is 0 Å². The summed E-state index contributed by atoms with van der Waals surface area (Å²) in [7, 11) is 0. The Hall–Kier alpha value is -2.40. The highest BCUT2D eigenvalue weighted by Crippen LogP contribution is 2.21. The molecule has 2 aromatic rings. The van der Waals surface area contributed by atoms with Gasteiger partial charge in [-0.15, -0.1) is 0 Å². The maximum absolute atomic E-state index is 8.77. The van der Waals surface area contributed by atoms with Crippen molar-refractivity contribution in [3.63, 3.8) is 0 Å². The van der Waals surface area contributed by atoms with Crippen LogP contribution in [0.1, 0.15) is 24.1 Å². The molecule has 2 rings (SSSR count). The molecule has 1 aromatic heterocycles. The van der Waals surface area contributed by atoms with Crippen LogP contribution in [0.2, 0.25) is 0 Å². The Balaban J connectivity index is 2.31. The van der Waals surface area contributed by atoms with Crippen molar-refractivity contribution in [3.8, 4) is 0 Å². The van der Waals surface area contributed by atoms with Crippen molar-refractivity contribution in [2.24, 2.45) is 10.9 Å². The van der Waals surface area contributed by atoms with Crippen LogP contribution in [-0.4, -0.2) is 22.1 Å². The van der Waals surface area contributed by atoms with E-state index in [2.05, 4.69) is 15.5 Å². The van der Waals surface area contributed by atoms with Crippen LogP contribution in [0.4, 0.5) is 0 Å². The molecule has 0 saturated heterocycles. The molecule has 0 aliphatic heterocycles. The van der Waals surface area contributed by atoms with Crippen molar-refractivity contribution < 1.29 is 5.21 Å². The third-order valence-corrected chi connectivity index (χ3v) is 3.15. The molecular formula is C15H18N4O. The fraction of sp³-hybridized carbons (Fsp3) is 0.200. The van der Waals surface area contributed by atoms with Gasteiger partial charge in [-0.05, 0) is 30.2 Å². The second kappa shape index (κ2) is 6.68. The monoisotopic (exact) mass is 270 g/mol. The Morgan fingerprint density at radius 3 is 2.35 bits per heavy atom. The van der Waals surface area contributed by atoms with E-state index in [1.165, 1.54) is 0 Å². The predicted molar refractivity (Wildman–Crippen MR) is 78.5 cm³/mol. The minimum atomic E-state index is -0.252. The number of amidine groups is 1. The standard InChI is InChI=1S/C15H18N4O/c1-11(15(16)19-20)18-14(12-5-3-2-4-6-12)13-7-9-17-10-8-13/h2-11,14,18,20H,1H3,(H2,16,19). The number of nitrogens with one attached hydrogen (secondary N) is 1. The molecule has 0 bridgehead atoms. The Kier molecular flexibility index (Phi) is 4.68. The molecule has 2 atom stereocenters. The van der Waals surface area contributed by atoms with Gasteiger partial charge in [-0.1, -0.05) is 35.5 Å². The molecule has 0 spiro atoms. The van der Waals surface area contributed by atoms with Gasteiger partial charge in [0.25, 0.3) is 0 Å². The summed E-state index contributed by atoms with van der Waals surface area (Å²) >= 11 is 0. The van der Waals surface area contributed by atoms with Gasteiger partial charge in [0.1, 0.15) is 0 Å². The summed E-state index contributed by atoms with van der Waals surface area (Å²) in [4.78, 5) is 4.04. The van der Waals surface area contributed by atoms with E-state index in [0.29, 0.717) is 0 Å². The highest BCUT2D eigenvalue weighted by molar-refractivity contribution is 5.84. The lowest BCUT2D eigenvalue weighted by molar-refractivity contribution is 0.314. The third-order valence-electron chi connectivity index (χ3n) is 3.15. The summed E-state index contributed by atoms with van der Waals surface area (Å²) < 4.78 is 0. The van der Waals surface area contributed by atoms with Gasteiger partial charge in [0, 0.05) is 12.4 Å². The third kappa shape index (κ3) is 3.33. The number of rotatable bonds is 5. The van der Waals surface area contributed by atoms with Gasteiger partial charge in [-0.25, -0.2) is 0 Å². The van der Waals surface area contributed by atoms with Crippen LogP contribution in [0, 0.1) is 0 Å². The molecular weight excluding hydrogens is 252 g/mol. The molecule has 5 heteroatoms. The fourth-order valence-electron chi connectivity index (χ4n) is 2.01. The maximum Gasteiger partial charge on any atom is 0.156 e. The topological polar surface area (TPSA) is 83.5 Å². The predicted octanol–water partition coefficient (Wildman–Crippen LogP) is 1.90. The lowest BCUT2D eigenvalue weighted by Crippen LogP contribution is -2.41. The number of hydrogen-bond donors (Lipinski definition) is 3. The molecule has 0 aliphatic carbocycles. The van der Waals surface area contributed by atoms with Crippen LogP contribution >= 0.6 is 0 Å². The summed E-state index contributed by atoms with van der Waals surface area (Å²) in [5.41, 5.74) is 7.83. The number of benzene rings is 1. The van der Waals surface area contributed by atoms with Gasteiger partial charge < -0.3 is 10.9 Å². The van der Waals surface area contributed by atoms with Gasteiger partial charge in [-0.2, -0.15) is 0 Å². The smallest absolute Gasteiger partial charge is 0.156 e. The van der Waals surface area contributed by atoms with Crippen LogP contribution in [0.5, 0.6) is 0 Å². The molecule has 2 unspecified atom stereocenters. The Morgan fingerprint density at radius 2 is 1.75 bits per heavy atom. The van der Waals surface area contributed by atoms with E-state index < -0.39 is 0 Å². The summed E-state index contributed by atoms with van der Waals surface area (Å²) in [5.74, 6) is 0.153. The van der Waals surface area contributed by atoms with E-state index in [1.807, 2.05) is 49.4 Å². The zero-order chi connectivity index (χ0) is 14.4. The van der Waals surface area contributed by atoms with Crippen LogP contribution in [-0.2, 0) is 0 Å². The summed E-state index contributed by atoms with van der Waals surface area (Å²) in [6.07, 6.45) is 3.50. The molecule has 20 heavy (non-hydrogen) atoms. The summed E-state index contributed by atoms with van der Waals surface area (Å²) in [5, 5.41) is 15.2. The molecule has 0 saturated carbocycles. The number of hydrogen-bond acceptors (Lipinski definition) is 4. The van der Waals surface area contributed by atoms with Crippen LogP contribution in [0.3, 0.4) is 0 Å². The van der Waals surface area contributed by atoms with Crippen molar-refractivity contribution in [3.05, 3.63) is 66.0 Å². The molecule has 1 heterocycles. The van der Waals surface area contributed by atoms with Crippen molar-refractivity contribution in [2.45, 2.75) is 19.0 Å². The molecule has 0 fully saturated rings. The zero-order valence-electron chi connectivity index (χ0n) is 11.3. The van der Waals surface area contributed by atoms with Gasteiger partial charge in [-0.3, -0.25) is 10.3 Å². The van der Waals surface area contributed by atoms with E-state index in [1.54, 1.807) is 12.4 Å². The lowest BCUT2D eigenvalue weighted by atomic mass is 9.99. The van der Waals surface area contributed by atoms with Crippen molar-refractivity contribution in [1.29, 1.82) is 0 Å². The lowest BCUT2D eigenvalue weighted by Gasteiger charge is -2.23. The molecule has 5 nitrogen and oxygen atoms in total. The van der Waals surface area contributed by atoms with Crippen molar-refractivity contribution in [1.82, 2.24) is 10.3 Å². The van der Waals surface area contributed by atoms with Gasteiger partial charge in [0.15, 0.2) is 5.84 Å². The first-order chi connectivity index (χ1) is 9.72. The maximum atomic E-state index is 8.77. The fourth-order valence-corrected chi connectivity index (χ4v) is 2.01. The van der Waals surface area contributed by atoms with E-state index in [9.17, 15) is 0 Å². The Labute approximate surface area is 118 Å². The largest absolute Gasteiger partial charge is 0.409 e. The van der Waals surface area contributed by atoms with Crippen molar-refractivity contribution in [2.75, 3.05) is 0 Å². The number of nitrogens with two attached hydrogens (primary N) is 1. The normalized spacial score (nSPS) is 14.8. The highest BCUT2D eigenvalue weighted by Gasteiger charge is 2.18. The van der Waals surface area contributed by atoms with Crippen molar-refractivity contribution >= 4 is 5.84 Å². The van der Waals surface area contributed by atoms with Crippen LogP contribution in [0.15, 0.2) is 60.0 Å². The Bertz CT molecular complexity index is 517. The Morgan fingerprint density at radius 1 is 1.15 bits per heavy atom. The highest BCUT2D eigenvalue weighted by atomic mass is 16.4. The molecule has 0 radical (unpaired) electrons. The molecule has 104 valence electrons. The van der Waals surface area contributed by atoms with Gasteiger partial charge in [0.05, 0.1) is 12.1 Å². The quantitative estimate of drug-likeness (QED) is 0.335. The average molecular weight is 270 g/mol. The minimum Gasteiger partial charge on any atom is -0.409 e. The van der Waals surface area contributed by atoms with Gasteiger partial charge in [0.2, 0.25) is 0 Å². The zero-order valence-corrected chi connectivity index (χ0v) is 11.3. The number of pyridine rings is 1. The first kappa shape index (κ1) is 14.0. The summed E-state index contributed by atoms with van der Waals surface area (Å²) in [6, 6.07) is 13.6. The summed E-state index contributed by atoms with van der Waals surface area (Å²) in [6.45, 7) is 1.85. The van der Waals surface area contributed by atoms with Crippen LogP contribution in [0.25, 0.3) is 0 Å². The number of oxime groups is 1. The second-order valence-electron chi connectivity index (χ2n) is 4.54. The SMILES string of the molecule is CC(NC(c1ccccc1)c1ccncc1)C(N)=NO. The first-order valence-corrected chi connectivity index (χ1v) is 6.40. The molecule has 0 amide bonds. The molecule has 4 N–H and O–H groups in total. The number of aromatic nitrogens is 1. The molecule has 1 aromatic carbocycles. The van der Waals surface area contributed by atoms with E-state index in [-0.39, 0.29) is 17.9 Å².